The van der Waals surface area contributed by atoms with E-state index in [4.69, 9.17) is 0 Å². The molecule has 0 saturated carbocycles. The summed E-state index contributed by atoms with van der Waals surface area (Å²) in [6.45, 7) is 7.79. The lowest BCUT2D eigenvalue weighted by atomic mass is 9.70. The molecule has 0 radical (unpaired) electrons. The summed E-state index contributed by atoms with van der Waals surface area (Å²) in [5, 5.41) is 16.5. The summed E-state index contributed by atoms with van der Waals surface area (Å²) >= 11 is 1.64. The Morgan fingerprint density at radius 1 is 1.11 bits per heavy atom. The van der Waals surface area contributed by atoms with Crippen molar-refractivity contribution in [3.8, 4) is 0 Å². The van der Waals surface area contributed by atoms with Crippen LogP contribution in [0.1, 0.15) is 44.2 Å². The lowest BCUT2D eigenvalue weighted by Crippen LogP contribution is -2.55. The van der Waals surface area contributed by atoms with Crippen molar-refractivity contribution >= 4 is 40.9 Å². The number of aliphatic hydroxyl groups excluding tert-OH is 1. The molecule has 2 aromatic carbocycles. The standard InChI is InChI=1S/C30H37N3O4S/c1-17(2)14-21(16-34)33-26(28(36)32-22-15-18(3)10-11-19(22)4)30-13-12-23(38-30)24(25(30)29(33)37)27(35)31-20-8-6-5-7-9-20/h5-11,15,17,21,23-26,34H,12-14,16H2,1-4H3,(H,31,35)(H,32,36)/t21-,23-,24+,25+,26?,30?/m1/s1. The van der Waals surface area contributed by atoms with Gasteiger partial charge in [-0.2, -0.15) is 0 Å². The first-order valence-corrected chi connectivity index (χ1v) is 14.4. The maximum Gasteiger partial charge on any atom is 0.248 e. The van der Waals surface area contributed by atoms with Crippen LogP contribution in [0.2, 0.25) is 0 Å². The maximum atomic E-state index is 14.3. The highest BCUT2D eigenvalue weighted by Crippen LogP contribution is 2.66. The van der Waals surface area contributed by atoms with E-state index < -0.39 is 28.7 Å². The van der Waals surface area contributed by atoms with Crippen molar-refractivity contribution in [3.05, 3.63) is 59.7 Å². The van der Waals surface area contributed by atoms with Gasteiger partial charge in [0.15, 0.2) is 0 Å². The van der Waals surface area contributed by atoms with Gasteiger partial charge in [0.25, 0.3) is 0 Å². The molecule has 6 atom stereocenters. The first-order chi connectivity index (χ1) is 18.2. The van der Waals surface area contributed by atoms with E-state index in [-0.39, 0.29) is 35.5 Å². The Morgan fingerprint density at radius 2 is 1.84 bits per heavy atom. The lowest BCUT2D eigenvalue weighted by Gasteiger charge is -2.37. The van der Waals surface area contributed by atoms with Gasteiger partial charge < -0.3 is 20.6 Å². The highest BCUT2D eigenvalue weighted by molar-refractivity contribution is 8.02. The van der Waals surface area contributed by atoms with E-state index in [2.05, 4.69) is 10.6 Å². The van der Waals surface area contributed by atoms with Crippen LogP contribution in [0, 0.1) is 31.6 Å². The van der Waals surface area contributed by atoms with Crippen LogP contribution in [0.15, 0.2) is 48.5 Å². The number of aryl methyl sites for hydroxylation is 2. The Kier molecular flexibility index (Phi) is 7.31. The molecule has 5 rings (SSSR count). The van der Waals surface area contributed by atoms with Crippen LogP contribution in [-0.2, 0) is 14.4 Å². The molecule has 3 N–H and O–H groups in total. The van der Waals surface area contributed by atoms with Gasteiger partial charge in [-0.25, -0.2) is 0 Å². The van der Waals surface area contributed by atoms with Gasteiger partial charge >= 0.3 is 0 Å². The van der Waals surface area contributed by atoms with Gasteiger partial charge in [-0.3, -0.25) is 14.4 Å². The van der Waals surface area contributed by atoms with Crippen molar-refractivity contribution < 1.29 is 19.5 Å². The molecule has 3 heterocycles. The number of fused-ring (bicyclic) bond motifs is 1. The zero-order chi connectivity index (χ0) is 27.2. The SMILES string of the molecule is Cc1ccc(C)c(NC(=O)C2N([C@@H](CO)CC(C)C)C(=O)[C@@H]3[C@@H](C(=O)Nc4ccccc4)[C@H]4CCC23S4)c1. The predicted octanol–water partition coefficient (Wildman–Crippen LogP) is 4.38. The number of hydrogen-bond donors (Lipinski definition) is 3. The topological polar surface area (TPSA) is 98.7 Å². The molecule has 1 spiro atoms. The minimum absolute atomic E-state index is 0.0245. The van der Waals surface area contributed by atoms with Crippen molar-refractivity contribution in [2.75, 3.05) is 17.2 Å². The minimum Gasteiger partial charge on any atom is -0.394 e. The second-order valence-corrected chi connectivity index (χ2v) is 13.0. The Labute approximate surface area is 228 Å². The molecule has 3 aliphatic rings. The molecule has 3 saturated heterocycles. The second kappa shape index (κ2) is 10.4. The fourth-order valence-corrected chi connectivity index (χ4v) is 8.93. The van der Waals surface area contributed by atoms with E-state index in [9.17, 15) is 19.5 Å². The molecule has 0 aliphatic carbocycles. The van der Waals surface area contributed by atoms with Gasteiger partial charge in [-0.15, -0.1) is 11.8 Å². The van der Waals surface area contributed by atoms with E-state index in [1.54, 1.807) is 16.7 Å². The number of nitrogens with zero attached hydrogens (tertiary/aromatic N) is 1. The number of carbonyl (C=O) groups is 3. The fraction of sp³-hybridized carbons (Fsp3) is 0.500. The minimum atomic E-state index is -0.764. The predicted molar refractivity (Wildman–Crippen MR) is 151 cm³/mol. The quantitative estimate of drug-likeness (QED) is 0.466. The summed E-state index contributed by atoms with van der Waals surface area (Å²) in [6.07, 6.45) is 2.04. The average molecular weight is 536 g/mol. The van der Waals surface area contributed by atoms with Gasteiger partial charge in [0.2, 0.25) is 17.7 Å². The highest BCUT2D eigenvalue weighted by atomic mass is 32.2. The molecule has 2 bridgehead atoms. The summed E-state index contributed by atoms with van der Waals surface area (Å²) in [4.78, 5) is 43.6. The third kappa shape index (κ3) is 4.51. The Bertz CT molecular complexity index is 1240. The molecule has 3 aliphatic heterocycles. The number of anilines is 2. The van der Waals surface area contributed by atoms with E-state index in [0.29, 0.717) is 18.5 Å². The van der Waals surface area contributed by atoms with Crippen LogP contribution in [0.25, 0.3) is 0 Å². The van der Waals surface area contributed by atoms with Gasteiger partial charge in [0.1, 0.15) is 6.04 Å². The molecule has 3 fully saturated rings. The molecule has 38 heavy (non-hydrogen) atoms. The van der Waals surface area contributed by atoms with E-state index in [1.807, 2.05) is 76.2 Å². The number of nitrogens with one attached hydrogen (secondary N) is 2. The second-order valence-electron chi connectivity index (χ2n) is 11.4. The molecule has 202 valence electrons. The maximum absolute atomic E-state index is 14.3. The van der Waals surface area contributed by atoms with Crippen LogP contribution in [-0.4, -0.2) is 56.4 Å². The first kappa shape index (κ1) is 26.8. The van der Waals surface area contributed by atoms with Crippen LogP contribution in [0.5, 0.6) is 0 Å². The van der Waals surface area contributed by atoms with Gasteiger partial charge in [0.05, 0.1) is 29.2 Å². The highest BCUT2D eigenvalue weighted by Gasteiger charge is 2.74. The third-order valence-electron chi connectivity index (χ3n) is 8.33. The normalized spacial score (nSPS) is 28.5. The molecule has 0 aromatic heterocycles. The third-order valence-corrected chi connectivity index (χ3v) is 10.3. The van der Waals surface area contributed by atoms with E-state index >= 15 is 0 Å². The zero-order valence-corrected chi connectivity index (χ0v) is 23.3. The summed E-state index contributed by atoms with van der Waals surface area (Å²) < 4.78 is -0.702. The largest absolute Gasteiger partial charge is 0.394 e. The number of likely N-dealkylation sites (tertiary alicyclic amines) is 1. The monoisotopic (exact) mass is 535 g/mol. The van der Waals surface area contributed by atoms with Crippen molar-refractivity contribution in [2.45, 2.75) is 69.0 Å². The van der Waals surface area contributed by atoms with E-state index in [0.717, 1.165) is 23.2 Å². The molecular formula is C30H37N3O4S. The number of thioether (sulfide) groups is 1. The van der Waals surface area contributed by atoms with Gasteiger partial charge in [0, 0.05) is 16.6 Å². The van der Waals surface area contributed by atoms with Crippen LogP contribution in [0.4, 0.5) is 11.4 Å². The number of benzene rings is 2. The lowest BCUT2D eigenvalue weighted by molar-refractivity contribution is -0.141. The summed E-state index contributed by atoms with van der Waals surface area (Å²) in [6, 6.07) is 13.9. The Balaban J connectivity index is 1.52. The molecule has 8 heteroatoms. The van der Waals surface area contributed by atoms with Gasteiger partial charge in [-0.1, -0.05) is 44.2 Å². The zero-order valence-electron chi connectivity index (χ0n) is 22.4. The summed E-state index contributed by atoms with van der Waals surface area (Å²) in [5.74, 6) is -1.51. The molecular weight excluding hydrogens is 498 g/mol. The van der Waals surface area contributed by atoms with Crippen molar-refractivity contribution in [3.63, 3.8) is 0 Å². The van der Waals surface area contributed by atoms with Gasteiger partial charge in [-0.05, 0) is 68.4 Å². The summed E-state index contributed by atoms with van der Waals surface area (Å²) in [7, 11) is 0. The molecule has 2 unspecified atom stereocenters. The molecule has 2 aromatic rings. The van der Waals surface area contributed by atoms with Crippen molar-refractivity contribution in [1.29, 1.82) is 0 Å². The number of hydrogen-bond acceptors (Lipinski definition) is 5. The number of amides is 3. The number of rotatable bonds is 8. The van der Waals surface area contributed by atoms with Crippen LogP contribution < -0.4 is 10.6 Å². The van der Waals surface area contributed by atoms with E-state index in [1.165, 1.54) is 0 Å². The summed E-state index contributed by atoms with van der Waals surface area (Å²) in [5.41, 5.74) is 3.39. The van der Waals surface area contributed by atoms with Crippen molar-refractivity contribution in [2.24, 2.45) is 17.8 Å². The number of aliphatic hydroxyl groups is 1. The van der Waals surface area contributed by atoms with Crippen LogP contribution in [0.3, 0.4) is 0 Å². The Hall–Kier alpha value is -2.84. The number of carbonyl (C=O) groups excluding carboxylic acids is 3. The average Bonchev–Trinajstić information content (AvgIpc) is 3.52. The van der Waals surface area contributed by atoms with Crippen LogP contribution >= 0.6 is 11.8 Å². The molecule has 3 amide bonds. The fourth-order valence-electron chi connectivity index (χ4n) is 6.72. The van der Waals surface area contributed by atoms with Crippen molar-refractivity contribution in [1.82, 2.24) is 4.90 Å². The Morgan fingerprint density at radius 3 is 2.53 bits per heavy atom. The molecule has 7 nitrogen and oxygen atoms in total. The number of para-hydroxylation sites is 1. The smallest absolute Gasteiger partial charge is 0.248 e. The first-order valence-electron chi connectivity index (χ1n) is 13.5.